The van der Waals surface area contributed by atoms with Crippen LogP contribution in [-0.2, 0) is 0 Å². The Labute approximate surface area is 75.0 Å². The zero-order chi connectivity index (χ0) is 9.23. The molecule has 0 aromatic carbocycles. The van der Waals surface area contributed by atoms with Gasteiger partial charge >= 0.3 is 0 Å². The van der Waals surface area contributed by atoms with Gasteiger partial charge < -0.3 is 5.32 Å². The molecular formula is C10H16N2. The highest BCUT2D eigenvalue weighted by atomic mass is 14.9. The molecule has 0 aliphatic heterocycles. The summed E-state index contributed by atoms with van der Waals surface area (Å²) in [6.07, 6.45) is 8.91. The van der Waals surface area contributed by atoms with E-state index in [4.69, 9.17) is 11.7 Å². The maximum absolute atomic E-state index is 8.27. The van der Waals surface area contributed by atoms with Crippen LogP contribution >= 0.6 is 0 Å². The van der Waals surface area contributed by atoms with E-state index < -0.39 is 0 Å². The van der Waals surface area contributed by atoms with Crippen LogP contribution < -0.4 is 5.32 Å². The SMILES string of the molecule is C#CC(CCC)NCCCC#N. The second kappa shape index (κ2) is 8.11. The molecule has 0 aliphatic rings. The number of hydrogen-bond donors (Lipinski definition) is 1. The summed E-state index contributed by atoms with van der Waals surface area (Å²) in [6, 6.07) is 2.29. The topological polar surface area (TPSA) is 35.8 Å². The molecule has 0 amide bonds. The lowest BCUT2D eigenvalue weighted by Crippen LogP contribution is -2.28. The first-order valence-electron chi connectivity index (χ1n) is 4.41. The van der Waals surface area contributed by atoms with Gasteiger partial charge in [-0.15, -0.1) is 6.42 Å². The van der Waals surface area contributed by atoms with Gasteiger partial charge in [0.2, 0.25) is 0 Å². The van der Waals surface area contributed by atoms with Gasteiger partial charge in [0, 0.05) is 6.42 Å². The highest BCUT2D eigenvalue weighted by Gasteiger charge is 2.00. The van der Waals surface area contributed by atoms with Crippen molar-refractivity contribution in [1.82, 2.24) is 5.32 Å². The van der Waals surface area contributed by atoms with Gasteiger partial charge in [0.1, 0.15) is 0 Å². The fraction of sp³-hybridized carbons (Fsp3) is 0.700. The number of unbranched alkanes of at least 4 members (excludes halogenated alkanes) is 1. The van der Waals surface area contributed by atoms with Crippen molar-refractivity contribution in [2.24, 2.45) is 0 Å². The smallest absolute Gasteiger partial charge is 0.0686 e. The number of rotatable bonds is 6. The van der Waals surface area contributed by atoms with E-state index in [1.807, 2.05) is 0 Å². The van der Waals surface area contributed by atoms with Crippen LogP contribution in [0, 0.1) is 23.7 Å². The summed E-state index contributed by atoms with van der Waals surface area (Å²) in [7, 11) is 0. The summed E-state index contributed by atoms with van der Waals surface area (Å²) in [6.45, 7) is 2.96. The van der Waals surface area contributed by atoms with E-state index in [0.29, 0.717) is 6.42 Å². The average Bonchev–Trinajstić information content (AvgIpc) is 2.10. The molecule has 0 bridgehead atoms. The zero-order valence-corrected chi connectivity index (χ0v) is 7.64. The Morgan fingerprint density at radius 2 is 2.33 bits per heavy atom. The molecule has 2 nitrogen and oxygen atoms in total. The normalized spacial score (nSPS) is 11.6. The van der Waals surface area contributed by atoms with Crippen LogP contribution in [0.15, 0.2) is 0 Å². The Morgan fingerprint density at radius 3 is 2.83 bits per heavy atom. The Kier molecular flexibility index (Phi) is 7.44. The maximum Gasteiger partial charge on any atom is 0.0686 e. The van der Waals surface area contributed by atoms with Crippen molar-refractivity contribution in [2.75, 3.05) is 6.54 Å². The lowest BCUT2D eigenvalue weighted by atomic mass is 10.2. The summed E-state index contributed by atoms with van der Waals surface area (Å²) in [5, 5.41) is 11.5. The molecule has 0 radical (unpaired) electrons. The number of nitrogens with zero attached hydrogens (tertiary/aromatic N) is 1. The van der Waals surface area contributed by atoms with Crippen LogP contribution in [-0.4, -0.2) is 12.6 Å². The maximum atomic E-state index is 8.27. The van der Waals surface area contributed by atoms with Gasteiger partial charge in [-0.1, -0.05) is 19.3 Å². The molecule has 0 spiro atoms. The van der Waals surface area contributed by atoms with E-state index >= 15 is 0 Å². The fourth-order valence-electron chi connectivity index (χ4n) is 0.977. The van der Waals surface area contributed by atoms with Gasteiger partial charge in [-0.3, -0.25) is 0 Å². The van der Waals surface area contributed by atoms with Crippen LogP contribution in [0.2, 0.25) is 0 Å². The molecule has 66 valence electrons. The van der Waals surface area contributed by atoms with Crippen LogP contribution in [0.1, 0.15) is 32.6 Å². The Hall–Kier alpha value is -0.990. The van der Waals surface area contributed by atoms with Gasteiger partial charge in [0.15, 0.2) is 0 Å². The van der Waals surface area contributed by atoms with Crippen LogP contribution in [0.25, 0.3) is 0 Å². The molecule has 0 fully saturated rings. The molecule has 2 heteroatoms. The van der Waals surface area contributed by atoms with Crippen LogP contribution in [0.5, 0.6) is 0 Å². The summed E-state index contributed by atoms with van der Waals surface area (Å²) < 4.78 is 0. The molecule has 12 heavy (non-hydrogen) atoms. The van der Waals surface area contributed by atoms with Crippen LogP contribution in [0.4, 0.5) is 0 Å². The average molecular weight is 164 g/mol. The van der Waals surface area contributed by atoms with Crippen molar-refractivity contribution in [3.8, 4) is 18.4 Å². The van der Waals surface area contributed by atoms with Crippen molar-refractivity contribution < 1.29 is 0 Å². The van der Waals surface area contributed by atoms with Crippen molar-refractivity contribution in [2.45, 2.75) is 38.6 Å². The number of nitrogens with one attached hydrogen (secondary N) is 1. The van der Waals surface area contributed by atoms with Gasteiger partial charge in [-0.25, -0.2) is 0 Å². The van der Waals surface area contributed by atoms with E-state index in [0.717, 1.165) is 25.8 Å². The quantitative estimate of drug-likeness (QED) is 0.479. The first kappa shape index (κ1) is 11.0. The molecule has 0 aromatic rings. The van der Waals surface area contributed by atoms with Crippen molar-refractivity contribution in [1.29, 1.82) is 5.26 Å². The predicted octanol–water partition coefficient (Wildman–Crippen LogP) is 1.68. The standard InChI is InChI=1S/C10H16N2/c1-3-7-10(4-2)12-9-6-5-8-11/h2,10,12H,3,5-7,9H2,1H3. The molecule has 0 saturated carbocycles. The molecule has 1 unspecified atom stereocenters. The third-order valence-corrected chi connectivity index (χ3v) is 1.63. The molecule has 0 aliphatic carbocycles. The second-order valence-electron chi connectivity index (χ2n) is 2.72. The molecule has 1 atom stereocenters. The van der Waals surface area contributed by atoms with Crippen molar-refractivity contribution in [3.63, 3.8) is 0 Å². The molecule has 0 heterocycles. The van der Waals surface area contributed by atoms with Gasteiger partial charge in [-0.2, -0.15) is 5.26 Å². The second-order valence-corrected chi connectivity index (χ2v) is 2.72. The summed E-state index contributed by atoms with van der Waals surface area (Å²) >= 11 is 0. The van der Waals surface area contributed by atoms with E-state index in [1.54, 1.807) is 0 Å². The molecule has 1 N–H and O–H groups in total. The molecule has 0 saturated heterocycles. The predicted molar refractivity (Wildman–Crippen MR) is 50.4 cm³/mol. The highest BCUT2D eigenvalue weighted by Crippen LogP contribution is 1.95. The first-order chi connectivity index (χ1) is 5.85. The minimum absolute atomic E-state index is 0.189. The van der Waals surface area contributed by atoms with Crippen molar-refractivity contribution in [3.05, 3.63) is 0 Å². The van der Waals surface area contributed by atoms with Crippen molar-refractivity contribution >= 4 is 0 Å². The van der Waals surface area contributed by atoms with Gasteiger partial charge in [-0.05, 0) is 19.4 Å². The number of hydrogen-bond acceptors (Lipinski definition) is 2. The number of nitriles is 1. The Bertz CT molecular complexity index is 173. The van der Waals surface area contributed by atoms with Crippen LogP contribution in [0.3, 0.4) is 0 Å². The monoisotopic (exact) mass is 164 g/mol. The largest absolute Gasteiger partial charge is 0.304 e. The van der Waals surface area contributed by atoms with E-state index in [9.17, 15) is 0 Å². The first-order valence-corrected chi connectivity index (χ1v) is 4.41. The Balaban J connectivity index is 3.34. The molecule has 0 aromatic heterocycles. The Morgan fingerprint density at radius 1 is 1.58 bits per heavy atom. The summed E-state index contributed by atoms with van der Waals surface area (Å²) in [4.78, 5) is 0. The third kappa shape index (κ3) is 5.77. The third-order valence-electron chi connectivity index (χ3n) is 1.63. The van der Waals surface area contributed by atoms with E-state index in [1.165, 1.54) is 0 Å². The summed E-state index contributed by atoms with van der Waals surface area (Å²) in [5.74, 6) is 2.69. The lowest BCUT2D eigenvalue weighted by molar-refractivity contribution is 0.553. The fourth-order valence-corrected chi connectivity index (χ4v) is 0.977. The highest BCUT2D eigenvalue weighted by molar-refractivity contribution is 4.98. The van der Waals surface area contributed by atoms with E-state index in [2.05, 4.69) is 24.2 Å². The zero-order valence-electron chi connectivity index (χ0n) is 7.64. The minimum Gasteiger partial charge on any atom is -0.304 e. The van der Waals surface area contributed by atoms with Gasteiger partial charge in [0.05, 0.1) is 12.1 Å². The minimum atomic E-state index is 0.189. The van der Waals surface area contributed by atoms with E-state index in [-0.39, 0.29) is 6.04 Å². The van der Waals surface area contributed by atoms with Gasteiger partial charge in [0.25, 0.3) is 0 Å². The molecular weight excluding hydrogens is 148 g/mol. The summed E-state index contributed by atoms with van der Waals surface area (Å²) in [5.41, 5.74) is 0. The number of terminal acetylenes is 1. The lowest BCUT2D eigenvalue weighted by Gasteiger charge is -2.10. The molecule has 0 rings (SSSR count).